The number of benzene rings is 1. The number of aromatic nitrogens is 1. The van der Waals surface area contributed by atoms with Gasteiger partial charge in [0.2, 0.25) is 41.4 Å². The number of nitrogens with one attached hydrogen (secondary N) is 6. The van der Waals surface area contributed by atoms with Gasteiger partial charge in [0.1, 0.15) is 42.3 Å². The maximum absolute atomic E-state index is 14.4. The molecule has 5 rings (SSSR count). The van der Waals surface area contributed by atoms with Crippen LogP contribution in [0.25, 0.3) is 10.9 Å². The Morgan fingerprint density at radius 3 is 1.60 bits per heavy atom. The first-order valence-electron chi connectivity index (χ1n) is 20.8. The zero-order valence-electron chi connectivity index (χ0n) is 34.8. The van der Waals surface area contributed by atoms with E-state index in [1.54, 1.807) is 20.0 Å². The molecule has 0 unspecified atom stereocenters. The third kappa shape index (κ3) is 10.4. The van der Waals surface area contributed by atoms with E-state index in [1.807, 2.05) is 52.0 Å². The van der Waals surface area contributed by atoms with Gasteiger partial charge in [0.25, 0.3) is 0 Å². The molecule has 3 aliphatic rings. The minimum atomic E-state index is -1.44. The molecule has 1 aromatic carbocycles. The molecule has 1 aromatic heterocycles. The molecule has 4 heterocycles. The summed E-state index contributed by atoms with van der Waals surface area (Å²) in [5.41, 5.74) is 1.59. The molecule has 0 spiro atoms. The summed E-state index contributed by atoms with van der Waals surface area (Å²) in [6.07, 6.45) is 2.49. The Morgan fingerprint density at radius 2 is 1.09 bits per heavy atom. The molecule has 3 aliphatic heterocycles. The number of carbonyl (C=O) groups is 7. The van der Waals surface area contributed by atoms with E-state index in [0.29, 0.717) is 19.3 Å². The summed E-state index contributed by atoms with van der Waals surface area (Å²) in [5, 5.41) is 25.8. The highest BCUT2D eigenvalue weighted by atomic mass is 16.3. The van der Waals surface area contributed by atoms with Gasteiger partial charge in [-0.15, -0.1) is 0 Å². The minimum Gasteiger partial charge on any atom is -0.391 e. The van der Waals surface area contributed by atoms with Crippen LogP contribution in [-0.2, 0) is 40.0 Å². The first kappa shape index (κ1) is 44.1. The summed E-state index contributed by atoms with van der Waals surface area (Å²) in [7, 11) is 0. The molecule has 16 nitrogen and oxygen atoms in total. The SMILES string of the molecule is CC(C)C[C@H]1NC(=O)[C@@H]2CCCN2C(=O)[C@H](C(C)C)NC(=O)[C@H](Cc2c[nH]c3ccccc23)NC(=O)[C@@H](CC(C)C)NC(=O)[C@@H]2CCCN2C(=O)[C@H]([C@@H](C)O)NC1=O. The van der Waals surface area contributed by atoms with Gasteiger partial charge in [-0.1, -0.05) is 59.7 Å². The Labute approximate surface area is 340 Å². The molecule has 318 valence electrons. The molecule has 7 amide bonds. The molecule has 16 heteroatoms. The van der Waals surface area contributed by atoms with Crippen molar-refractivity contribution in [2.24, 2.45) is 17.8 Å². The Morgan fingerprint density at radius 1 is 0.621 bits per heavy atom. The summed E-state index contributed by atoms with van der Waals surface area (Å²) in [5.74, 6) is -4.73. The van der Waals surface area contributed by atoms with E-state index in [2.05, 4.69) is 31.6 Å². The summed E-state index contributed by atoms with van der Waals surface area (Å²) in [4.78, 5) is 105. The molecule has 0 radical (unpaired) electrons. The van der Waals surface area contributed by atoms with Crippen LogP contribution in [-0.4, -0.2) is 123 Å². The number of nitrogens with zero attached hydrogens (tertiary/aromatic N) is 2. The third-order valence-electron chi connectivity index (χ3n) is 11.4. The topological polar surface area (TPSA) is 222 Å². The van der Waals surface area contributed by atoms with Crippen molar-refractivity contribution in [1.29, 1.82) is 0 Å². The average Bonchev–Trinajstić information content (AvgIpc) is 3.94. The zero-order chi connectivity index (χ0) is 42.4. The molecule has 2 aromatic rings. The van der Waals surface area contributed by atoms with Crippen LogP contribution >= 0.6 is 0 Å². The normalized spacial score (nSPS) is 27.8. The molecule has 0 aliphatic carbocycles. The molecule has 0 saturated carbocycles. The lowest BCUT2D eigenvalue weighted by Gasteiger charge is -2.33. The summed E-state index contributed by atoms with van der Waals surface area (Å²) in [6.45, 7) is 12.9. The predicted molar refractivity (Wildman–Crippen MR) is 217 cm³/mol. The number of hydrogen-bond acceptors (Lipinski definition) is 8. The van der Waals surface area contributed by atoms with Gasteiger partial charge in [-0.2, -0.15) is 0 Å². The van der Waals surface area contributed by atoms with Gasteiger partial charge < -0.3 is 46.5 Å². The van der Waals surface area contributed by atoms with Crippen molar-refractivity contribution in [3.63, 3.8) is 0 Å². The molecule has 0 bridgehead atoms. The van der Waals surface area contributed by atoms with Crippen molar-refractivity contribution in [1.82, 2.24) is 41.4 Å². The third-order valence-corrected chi connectivity index (χ3v) is 11.4. The summed E-state index contributed by atoms with van der Waals surface area (Å²) < 4.78 is 0. The number of amides is 7. The Kier molecular flexibility index (Phi) is 14.6. The van der Waals surface area contributed by atoms with Crippen molar-refractivity contribution in [2.45, 2.75) is 142 Å². The van der Waals surface area contributed by atoms with Gasteiger partial charge in [0.05, 0.1) is 6.10 Å². The molecular formula is C42H62N8O8. The second-order valence-corrected chi connectivity index (χ2v) is 17.3. The number of aliphatic hydroxyl groups is 1. The van der Waals surface area contributed by atoms with Crippen molar-refractivity contribution >= 4 is 52.3 Å². The van der Waals surface area contributed by atoms with Crippen LogP contribution in [0.1, 0.15) is 92.6 Å². The smallest absolute Gasteiger partial charge is 0.248 e. The van der Waals surface area contributed by atoms with E-state index >= 15 is 0 Å². The van der Waals surface area contributed by atoms with Crippen LogP contribution in [0.4, 0.5) is 0 Å². The number of fused-ring (bicyclic) bond motifs is 3. The van der Waals surface area contributed by atoms with Crippen LogP contribution in [0, 0.1) is 17.8 Å². The largest absolute Gasteiger partial charge is 0.391 e. The van der Waals surface area contributed by atoms with E-state index < -0.39 is 95.7 Å². The van der Waals surface area contributed by atoms with Crippen molar-refractivity contribution in [3.8, 4) is 0 Å². The highest BCUT2D eigenvalue weighted by molar-refractivity contribution is 5.99. The van der Waals surface area contributed by atoms with Crippen LogP contribution < -0.4 is 26.6 Å². The fourth-order valence-electron chi connectivity index (χ4n) is 8.32. The quantitative estimate of drug-likeness (QED) is 0.205. The average molecular weight is 807 g/mol. The minimum absolute atomic E-state index is 0.0571. The van der Waals surface area contributed by atoms with Crippen LogP contribution in [0.5, 0.6) is 0 Å². The lowest BCUT2D eigenvalue weighted by molar-refractivity contribution is -0.145. The lowest BCUT2D eigenvalue weighted by Crippen LogP contribution is -2.61. The number of H-pyrrole nitrogens is 1. The second kappa shape index (κ2) is 19.2. The van der Waals surface area contributed by atoms with Crippen LogP contribution in [0.15, 0.2) is 30.5 Å². The highest BCUT2D eigenvalue weighted by Gasteiger charge is 2.44. The van der Waals surface area contributed by atoms with Gasteiger partial charge in [-0.25, -0.2) is 0 Å². The number of hydrogen-bond donors (Lipinski definition) is 7. The van der Waals surface area contributed by atoms with Gasteiger partial charge in [0, 0.05) is 36.6 Å². The Bertz CT molecular complexity index is 1840. The first-order chi connectivity index (χ1) is 27.5. The zero-order valence-corrected chi connectivity index (χ0v) is 34.8. The van der Waals surface area contributed by atoms with Crippen molar-refractivity contribution in [3.05, 3.63) is 36.0 Å². The standard InChI is InChI=1S/C42H62N8O8/c1-22(2)18-29-36(52)44-31(20-26-21-43-28-13-9-8-12-27(26)28)38(54)47-34(24(5)6)41(57)49-16-10-14-32(49)39(55)46-30(19-23(3)4)37(53)48-35(25(7)51)42(58)50-17-11-15-33(50)40(56)45-29/h8-9,12-13,21-25,29-35,43,51H,10-11,14-20H2,1-7H3,(H,44,52)(H,45,56)(H,46,55)(H,47,54)(H,48,53)/t25-,29-,30-,31+,32+,33+,34+,35+/m1/s1. The van der Waals surface area contributed by atoms with Crippen LogP contribution in [0.3, 0.4) is 0 Å². The van der Waals surface area contributed by atoms with Crippen molar-refractivity contribution < 1.29 is 38.7 Å². The number of para-hydroxylation sites is 1. The maximum atomic E-state index is 14.4. The Balaban J connectivity index is 1.56. The van der Waals surface area contributed by atoms with Crippen molar-refractivity contribution in [2.75, 3.05) is 13.1 Å². The molecule has 3 fully saturated rings. The van der Waals surface area contributed by atoms with E-state index in [9.17, 15) is 38.7 Å². The maximum Gasteiger partial charge on any atom is 0.248 e. The fraction of sp³-hybridized carbons (Fsp3) is 0.643. The predicted octanol–water partition coefficient (Wildman–Crippen LogP) is 1.26. The van der Waals surface area contributed by atoms with Gasteiger partial charge in [-0.3, -0.25) is 33.6 Å². The van der Waals surface area contributed by atoms with E-state index in [-0.39, 0.29) is 50.6 Å². The molecule has 58 heavy (non-hydrogen) atoms. The number of carbonyl (C=O) groups excluding carboxylic acids is 7. The number of rotatable bonds is 8. The molecule has 3 saturated heterocycles. The van der Waals surface area contributed by atoms with E-state index in [1.165, 1.54) is 16.7 Å². The molecule has 7 N–H and O–H groups in total. The van der Waals surface area contributed by atoms with Gasteiger partial charge in [-0.05, 0) is 74.8 Å². The van der Waals surface area contributed by atoms with E-state index in [0.717, 1.165) is 16.5 Å². The lowest BCUT2D eigenvalue weighted by atomic mass is 9.98. The number of aromatic amines is 1. The monoisotopic (exact) mass is 806 g/mol. The van der Waals surface area contributed by atoms with Gasteiger partial charge in [0.15, 0.2) is 0 Å². The second-order valence-electron chi connectivity index (χ2n) is 17.3. The summed E-state index contributed by atoms with van der Waals surface area (Å²) >= 11 is 0. The van der Waals surface area contributed by atoms with Crippen LogP contribution in [0.2, 0.25) is 0 Å². The first-order valence-corrected chi connectivity index (χ1v) is 20.8. The van der Waals surface area contributed by atoms with E-state index in [4.69, 9.17) is 0 Å². The summed E-state index contributed by atoms with van der Waals surface area (Å²) in [6, 6.07) is -0.249. The molecule has 8 atom stereocenters. The highest BCUT2D eigenvalue weighted by Crippen LogP contribution is 2.24. The molecular weight excluding hydrogens is 745 g/mol. The number of aliphatic hydroxyl groups excluding tert-OH is 1. The van der Waals surface area contributed by atoms with Gasteiger partial charge >= 0.3 is 0 Å². The fourth-order valence-corrected chi connectivity index (χ4v) is 8.32. The Hall–Kier alpha value is -4.99.